The molecule has 3 N–H and O–H groups in total. The Morgan fingerprint density at radius 2 is 1.81 bits per heavy atom. The van der Waals surface area contributed by atoms with E-state index in [-0.39, 0.29) is 29.8 Å². The van der Waals surface area contributed by atoms with Gasteiger partial charge in [-0.15, -0.1) is 0 Å². The van der Waals surface area contributed by atoms with Crippen LogP contribution in [0.1, 0.15) is 33.8 Å². The van der Waals surface area contributed by atoms with Crippen molar-refractivity contribution in [3.8, 4) is 11.5 Å². The summed E-state index contributed by atoms with van der Waals surface area (Å²) in [6.07, 6.45) is 6.56. The summed E-state index contributed by atoms with van der Waals surface area (Å²) in [6.45, 7) is 0.181. The maximum atomic E-state index is 12.1. The highest BCUT2D eigenvalue weighted by Gasteiger charge is 2.13. The highest BCUT2D eigenvalue weighted by Crippen LogP contribution is 2.27. The summed E-state index contributed by atoms with van der Waals surface area (Å²) in [4.78, 5) is 12.1. The number of aromatic hydroxyl groups is 2. The number of phenols is 2. The van der Waals surface area contributed by atoms with Gasteiger partial charge >= 0.3 is 5.97 Å². The summed E-state index contributed by atoms with van der Waals surface area (Å²) in [7, 11) is 0. The maximum absolute atomic E-state index is 12.1. The van der Waals surface area contributed by atoms with Crippen molar-refractivity contribution in [1.29, 1.82) is 0 Å². The zero-order valence-electron chi connectivity index (χ0n) is 14.1. The lowest BCUT2D eigenvalue weighted by Crippen LogP contribution is -2.08. The smallest absolute Gasteiger partial charge is 0.338 e. The van der Waals surface area contributed by atoms with E-state index >= 15 is 0 Å². The molecule has 1 aliphatic carbocycles. The third kappa shape index (κ3) is 4.25. The molecule has 0 spiro atoms. The monoisotopic (exact) mass is 352 g/mol. The zero-order chi connectivity index (χ0) is 18.5. The average Bonchev–Trinajstić information content (AvgIpc) is 2.65. The third-order valence-electron chi connectivity index (χ3n) is 4.32. The van der Waals surface area contributed by atoms with Gasteiger partial charge in [0.2, 0.25) is 0 Å². The molecule has 26 heavy (non-hydrogen) atoms. The number of carbonyl (C=O) groups excluding carboxylic acids is 1. The Morgan fingerprint density at radius 1 is 1.04 bits per heavy atom. The Bertz CT molecular complexity index is 849. The molecular formula is C21H20O5. The van der Waals surface area contributed by atoms with Crippen molar-refractivity contribution in [2.24, 2.45) is 0 Å². The van der Waals surface area contributed by atoms with Gasteiger partial charge in [-0.05, 0) is 54.0 Å². The van der Waals surface area contributed by atoms with Crippen LogP contribution < -0.4 is 0 Å². The van der Waals surface area contributed by atoms with Crippen LogP contribution >= 0.6 is 0 Å². The number of benzene rings is 2. The number of hydrogen-bond acceptors (Lipinski definition) is 5. The second-order valence-corrected chi connectivity index (χ2v) is 6.16. The first kappa shape index (κ1) is 17.6. The first-order valence-corrected chi connectivity index (χ1v) is 8.38. The molecule has 0 saturated carbocycles. The number of rotatable bonds is 5. The van der Waals surface area contributed by atoms with Gasteiger partial charge in [-0.3, -0.25) is 0 Å². The molecule has 2 aromatic carbocycles. The molecule has 3 rings (SSSR count). The first-order valence-electron chi connectivity index (χ1n) is 8.38. The molecule has 0 aliphatic heterocycles. The molecule has 5 nitrogen and oxygen atoms in total. The minimum absolute atomic E-state index is 0.177. The quantitative estimate of drug-likeness (QED) is 0.560. The molecule has 0 aromatic heterocycles. The maximum Gasteiger partial charge on any atom is 0.338 e. The fraction of sp³-hybridized carbons (Fsp3) is 0.190. The van der Waals surface area contributed by atoms with E-state index < -0.39 is 5.97 Å². The van der Waals surface area contributed by atoms with Gasteiger partial charge in [0.15, 0.2) is 11.5 Å². The summed E-state index contributed by atoms with van der Waals surface area (Å²) in [5.41, 5.74) is 2.31. The van der Waals surface area contributed by atoms with Crippen LogP contribution in [0.15, 0.2) is 66.5 Å². The zero-order valence-corrected chi connectivity index (χ0v) is 14.1. The normalized spacial score (nSPS) is 16.2. The van der Waals surface area contributed by atoms with Crippen LogP contribution in [-0.2, 0) is 11.2 Å². The van der Waals surface area contributed by atoms with Crippen molar-refractivity contribution in [3.05, 3.63) is 83.1 Å². The summed E-state index contributed by atoms with van der Waals surface area (Å²) >= 11 is 0. The van der Waals surface area contributed by atoms with E-state index in [0.29, 0.717) is 12.0 Å². The molecule has 0 radical (unpaired) electrons. The number of carbonyl (C=O) groups is 1. The fourth-order valence-electron chi connectivity index (χ4n) is 2.79. The number of allylic oxidation sites excluding steroid dienone is 3. The van der Waals surface area contributed by atoms with Gasteiger partial charge in [-0.25, -0.2) is 4.79 Å². The molecular weight excluding hydrogens is 332 g/mol. The third-order valence-corrected chi connectivity index (χ3v) is 4.32. The van der Waals surface area contributed by atoms with Crippen molar-refractivity contribution in [1.82, 2.24) is 0 Å². The van der Waals surface area contributed by atoms with Crippen LogP contribution in [0.5, 0.6) is 11.5 Å². The fourth-order valence-corrected chi connectivity index (χ4v) is 2.79. The molecule has 134 valence electrons. The lowest BCUT2D eigenvalue weighted by Gasteiger charge is -2.15. The molecule has 0 fully saturated rings. The highest BCUT2D eigenvalue weighted by molar-refractivity contribution is 5.89. The van der Waals surface area contributed by atoms with Crippen molar-refractivity contribution in [3.63, 3.8) is 0 Å². The van der Waals surface area contributed by atoms with Gasteiger partial charge in [-0.2, -0.15) is 0 Å². The highest BCUT2D eigenvalue weighted by atomic mass is 16.5. The summed E-state index contributed by atoms with van der Waals surface area (Å²) in [5.74, 6) is -0.300. The van der Waals surface area contributed by atoms with Crippen molar-refractivity contribution >= 4 is 5.97 Å². The van der Waals surface area contributed by atoms with E-state index in [2.05, 4.69) is 0 Å². The second kappa shape index (κ2) is 7.78. The molecule has 1 unspecified atom stereocenters. The topological polar surface area (TPSA) is 87.0 Å². The molecule has 0 bridgehead atoms. The Morgan fingerprint density at radius 3 is 2.46 bits per heavy atom. The van der Waals surface area contributed by atoms with E-state index in [1.54, 1.807) is 30.4 Å². The Labute approximate surface area is 151 Å². The molecule has 1 atom stereocenters. The van der Waals surface area contributed by atoms with Gasteiger partial charge in [0.25, 0.3) is 0 Å². The van der Waals surface area contributed by atoms with Crippen LogP contribution in [0.25, 0.3) is 0 Å². The predicted molar refractivity (Wildman–Crippen MR) is 97.4 cm³/mol. The van der Waals surface area contributed by atoms with E-state index in [1.165, 1.54) is 12.1 Å². The Hall–Kier alpha value is -3.21. The Balaban J connectivity index is 1.53. The summed E-state index contributed by atoms with van der Waals surface area (Å²) in [5, 5.41) is 28.1. The number of aliphatic hydroxyl groups is 1. The van der Waals surface area contributed by atoms with E-state index in [1.807, 2.05) is 18.2 Å². The van der Waals surface area contributed by atoms with Crippen molar-refractivity contribution < 1.29 is 24.9 Å². The first-order chi connectivity index (χ1) is 12.5. The minimum atomic E-state index is -0.406. The van der Waals surface area contributed by atoms with Crippen molar-refractivity contribution in [2.75, 3.05) is 6.61 Å². The molecule has 2 aromatic rings. The largest absolute Gasteiger partial charge is 0.508 e. The van der Waals surface area contributed by atoms with Gasteiger partial charge in [0.05, 0.1) is 12.2 Å². The van der Waals surface area contributed by atoms with Crippen LogP contribution in [0.2, 0.25) is 0 Å². The van der Waals surface area contributed by atoms with Gasteiger partial charge < -0.3 is 20.1 Å². The van der Waals surface area contributed by atoms with Crippen LogP contribution in [0.3, 0.4) is 0 Å². The predicted octanol–water partition coefficient (Wildman–Crippen LogP) is 3.98. The van der Waals surface area contributed by atoms with Crippen LogP contribution in [-0.4, -0.2) is 27.9 Å². The number of hydrogen-bond donors (Lipinski definition) is 3. The van der Waals surface area contributed by atoms with Gasteiger partial charge in [-0.1, -0.05) is 24.3 Å². The minimum Gasteiger partial charge on any atom is -0.508 e. The number of phenolic OH excluding ortho intramolecular Hbond substituents is 2. The Kier molecular flexibility index (Phi) is 5.27. The molecule has 5 heteroatoms. The lowest BCUT2D eigenvalue weighted by atomic mass is 9.91. The van der Waals surface area contributed by atoms with Crippen LogP contribution in [0, 0.1) is 0 Å². The average molecular weight is 352 g/mol. The lowest BCUT2D eigenvalue weighted by molar-refractivity contribution is 0.0509. The number of esters is 1. The van der Waals surface area contributed by atoms with E-state index in [9.17, 15) is 20.1 Å². The molecule has 0 amide bonds. The van der Waals surface area contributed by atoms with E-state index in [4.69, 9.17) is 4.74 Å². The SMILES string of the molecule is O=C(OCCc1ccc(O)c(O)c1)c1ccc(C2C=CC(O)=CC2)cc1. The number of aliphatic hydroxyl groups excluding tert-OH is 1. The number of ether oxygens (including phenoxy) is 1. The summed E-state index contributed by atoms with van der Waals surface area (Å²) < 4.78 is 5.26. The van der Waals surface area contributed by atoms with Crippen LogP contribution in [0.4, 0.5) is 0 Å². The second-order valence-electron chi connectivity index (χ2n) is 6.16. The summed E-state index contributed by atoms with van der Waals surface area (Å²) in [6, 6.07) is 11.8. The van der Waals surface area contributed by atoms with Gasteiger partial charge in [0, 0.05) is 12.3 Å². The molecule has 0 saturated heterocycles. The van der Waals surface area contributed by atoms with Crippen molar-refractivity contribution in [2.45, 2.75) is 18.8 Å². The molecule has 0 heterocycles. The van der Waals surface area contributed by atoms with Gasteiger partial charge in [0.1, 0.15) is 5.76 Å². The standard InChI is InChI=1S/C21H20O5/c22-18-8-6-16(7-9-18)15-2-4-17(5-3-15)21(25)26-12-11-14-1-10-19(23)20(24)13-14/h1-6,8-10,13,16,22-24H,7,11-12H2. The molecule has 1 aliphatic rings. The van der Waals surface area contributed by atoms with E-state index in [0.717, 1.165) is 17.5 Å².